The van der Waals surface area contributed by atoms with Gasteiger partial charge in [0.05, 0.1) is 34.4 Å². The van der Waals surface area contributed by atoms with E-state index in [1.807, 2.05) is 52.8 Å². The average molecular weight is 1470 g/mol. The summed E-state index contributed by atoms with van der Waals surface area (Å²) in [5, 5.41) is 29.9. The van der Waals surface area contributed by atoms with E-state index in [1.54, 1.807) is 51.2 Å². The minimum atomic E-state index is -0.842. The maximum atomic E-state index is 13.3. The van der Waals surface area contributed by atoms with Crippen LogP contribution in [0.15, 0.2) is 36.8 Å². The van der Waals surface area contributed by atoms with Crippen molar-refractivity contribution in [3.8, 4) is 0 Å². The molecule has 106 heavy (non-hydrogen) atoms. The van der Waals surface area contributed by atoms with Crippen LogP contribution in [0.1, 0.15) is 258 Å². The largest absolute Gasteiger partial charge is 0.481 e. The van der Waals surface area contributed by atoms with E-state index in [0.29, 0.717) is 87.1 Å². The molecule has 29 nitrogen and oxygen atoms in total. The maximum absolute atomic E-state index is 13.3. The summed E-state index contributed by atoms with van der Waals surface area (Å²) in [7, 11) is 0. The number of nitrogens with zero attached hydrogens (tertiary/aromatic N) is 11. The summed E-state index contributed by atoms with van der Waals surface area (Å²) in [4.78, 5) is 129. The van der Waals surface area contributed by atoms with Crippen molar-refractivity contribution in [2.75, 3.05) is 55.6 Å². The third-order valence-electron chi connectivity index (χ3n) is 22.3. The number of hydrogen-bond acceptors (Lipinski definition) is 18. The van der Waals surface area contributed by atoms with Crippen LogP contribution in [0.5, 0.6) is 0 Å². The Kier molecular flexibility index (Phi) is 26.0. The molecule has 0 aromatic carbocycles. The van der Waals surface area contributed by atoms with E-state index in [-0.39, 0.29) is 112 Å². The maximum Gasteiger partial charge on any atom is 0.410 e. The number of hydrogen-bond donors (Lipinski definition) is 8. The Hall–Kier alpha value is -9.02. The first-order chi connectivity index (χ1) is 48.6. The topological polar surface area (TPSA) is 372 Å². The lowest BCUT2D eigenvalue weighted by Crippen LogP contribution is -2.52. The lowest BCUT2D eigenvalue weighted by molar-refractivity contribution is -0.145. The Labute approximate surface area is 623 Å². The van der Waals surface area contributed by atoms with Crippen molar-refractivity contribution in [1.82, 2.24) is 74.7 Å². The number of aromatic nitrogens is 9. The second-order valence-corrected chi connectivity index (χ2v) is 31.6. The number of piperidine rings is 3. The van der Waals surface area contributed by atoms with Crippen molar-refractivity contribution in [3.05, 3.63) is 53.9 Å². The lowest BCUT2D eigenvalue weighted by Gasteiger charge is -2.42. The van der Waals surface area contributed by atoms with Gasteiger partial charge < -0.3 is 65.1 Å². The van der Waals surface area contributed by atoms with E-state index in [0.717, 1.165) is 111 Å². The van der Waals surface area contributed by atoms with Crippen molar-refractivity contribution in [1.29, 1.82) is 0 Å². The second-order valence-electron chi connectivity index (χ2n) is 31.6. The number of nitrogen functional groups attached to an aromatic ring is 1. The van der Waals surface area contributed by atoms with Gasteiger partial charge in [-0.15, -0.1) is 0 Å². The molecule has 12 heterocycles. The molecule has 29 heteroatoms. The van der Waals surface area contributed by atoms with Crippen molar-refractivity contribution >= 4 is 98.6 Å². The zero-order chi connectivity index (χ0) is 72.6. The van der Waals surface area contributed by atoms with Gasteiger partial charge in [-0.3, -0.25) is 39.4 Å². The number of fused-ring (bicyclic) bond motifs is 12. The molecule has 9 aliphatic rings. The van der Waals surface area contributed by atoms with E-state index in [2.05, 4.69) is 65.5 Å². The van der Waals surface area contributed by atoms with Gasteiger partial charge in [0.15, 0.2) is 0 Å². The standard InChI is InChI=1S/C26H36N6O4.C21H28N6O2.C14H17N5O.C12H21NO4.4CH4/c1-16-18(9-8-12-31(16)24(35)36-25(2,3)4)21(33)30-23-27-14-17-13-19-22(34)28-15-26(10-6-5-7-11-26)32(19)20(17)29-23;1-13-15(6-5-9-22-13)18(28)26-20-23-11-14-10-16-19(29)24-12-21(7-3-2-4-8-21)27(16)17(14)25-20;15-13-16-7-9-6-10-12(20)17-8-14(4-2-1-3-5-14)19(10)11(9)18-13;1-8-9(10(14)15)6-5-7-13(8)11(16)17-12(2,3)4;;;;/h13-14,16,18H,5-12,15H2,1-4H3,(H,28,34)(H,27,29,30,33);10-11,13,15,22H,2-9,12H2,1H3,(H,24,29)(H,23,25,26,28);6-7H,1-5,8H2,(H,17,20)(H2,15,16,18);8-9H,5-7H2,1-4H3,(H,14,15);4*1H4/t16-,18-;13-,15-;;8-,9-;;;;/m11.1..../s1. The summed E-state index contributed by atoms with van der Waals surface area (Å²) in [5.41, 5.74) is 8.39. The number of carboxylic acid groups (broad SMARTS) is 1. The molecular formula is C77H118N18O11. The molecule has 9 N–H and O–H groups in total. The predicted octanol–water partition coefficient (Wildman–Crippen LogP) is 12.0. The molecule has 0 bridgehead atoms. The molecule has 6 aliphatic heterocycles. The molecule has 6 atom stereocenters. The van der Waals surface area contributed by atoms with Crippen LogP contribution in [0, 0.1) is 17.8 Å². The summed E-state index contributed by atoms with van der Waals surface area (Å²) >= 11 is 0. The quantitative estimate of drug-likeness (QED) is 0.0795. The summed E-state index contributed by atoms with van der Waals surface area (Å²) in [6.07, 6.45) is 25.6. The van der Waals surface area contributed by atoms with Gasteiger partial charge in [0.2, 0.25) is 29.7 Å². The fourth-order valence-electron chi connectivity index (χ4n) is 17.0. The number of aliphatic carboxylic acids is 1. The fourth-order valence-corrected chi connectivity index (χ4v) is 17.0. The summed E-state index contributed by atoms with van der Waals surface area (Å²) in [6, 6.07) is 5.11. The van der Waals surface area contributed by atoms with E-state index in [4.69, 9.17) is 30.3 Å². The van der Waals surface area contributed by atoms with Crippen LogP contribution in [0.4, 0.5) is 27.4 Å². The molecular weight excluding hydrogens is 1350 g/mol. The Bertz CT molecular complexity index is 4170. The molecule has 0 unspecified atom stereocenters. The molecule has 3 saturated heterocycles. The number of carbonyl (C=O) groups excluding carboxylic acids is 7. The molecule has 15 rings (SSSR count). The third-order valence-corrected chi connectivity index (χ3v) is 22.3. The van der Waals surface area contributed by atoms with Crippen molar-refractivity contribution in [2.24, 2.45) is 17.8 Å². The molecule has 3 saturated carbocycles. The summed E-state index contributed by atoms with van der Waals surface area (Å²) < 4.78 is 17.2. The first kappa shape index (κ1) is 82.6. The molecule has 0 radical (unpaired) electrons. The first-order valence-electron chi connectivity index (χ1n) is 36.9. The highest BCUT2D eigenvalue weighted by molar-refractivity contribution is 6.02. The van der Waals surface area contributed by atoms with Gasteiger partial charge in [-0.25, -0.2) is 24.5 Å². The summed E-state index contributed by atoms with van der Waals surface area (Å²) in [5.74, 6) is -1.48. The fraction of sp³-hybridized carbons (Fsp3) is 0.662. The van der Waals surface area contributed by atoms with Gasteiger partial charge in [0, 0.05) is 85.6 Å². The van der Waals surface area contributed by atoms with Crippen LogP contribution < -0.4 is 37.6 Å². The lowest BCUT2D eigenvalue weighted by atomic mass is 9.80. The normalized spacial score (nSPS) is 23.3. The van der Waals surface area contributed by atoms with Crippen LogP contribution in [0.25, 0.3) is 33.1 Å². The Balaban J connectivity index is 0.000000183. The number of nitrogens with one attached hydrogen (secondary N) is 6. The molecule has 7 amide bonds. The van der Waals surface area contributed by atoms with E-state index >= 15 is 0 Å². The minimum Gasteiger partial charge on any atom is -0.481 e. The van der Waals surface area contributed by atoms with Crippen molar-refractivity contribution in [3.63, 3.8) is 0 Å². The van der Waals surface area contributed by atoms with Crippen LogP contribution in [-0.2, 0) is 40.5 Å². The number of amides is 7. The summed E-state index contributed by atoms with van der Waals surface area (Å²) in [6.45, 7) is 20.6. The second kappa shape index (κ2) is 33.4. The zero-order valence-electron chi connectivity index (χ0n) is 60.5. The van der Waals surface area contributed by atoms with E-state index in [9.17, 15) is 38.4 Å². The first-order valence-corrected chi connectivity index (χ1v) is 36.9. The Morgan fingerprint density at radius 1 is 0.500 bits per heavy atom. The highest BCUT2D eigenvalue weighted by atomic mass is 16.6. The van der Waals surface area contributed by atoms with Crippen molar-refractivity contribution < 1.29 is 52.9 Å². The number of ether oxygens (including phenoxy) is 2. The molecule has 3 aliphatic carbocycles. The zero-order valence-corrected chi connectivity index (χ0v) is 60.5. The van der Waals surface area contributed by atoms with Gasteiger partial charge >= 0.3 is 18.2 Å². The number of rotatable bonds is 5. The van der Waals surface area contributed by atoms with Crippen molar-refractivity contribution in [2.45, 2.75) is 273 Å². The van der Waals surface area contributed by atoms with Crippen LogP contribution in [0.3, 0.4) is 0 Å². The predicted molar refractivity (Wildman–Crippen MR) is 409 cm³/mol. The van der Waals surface area contributed by atoms with Gasteiger partial charge in [0.1, 0.15) is 45.2 Å². The van der Waals surface area contributed by atoms with Gasteiger partial charge in [-0.05, 0) is 164 Å². The molecule has 6 aromatic rings. The van der Waals surface area contributed by atoms with Crippen LogP contribution >= 0.6 is 0 Å². The molecule has 6 aromatic heterocycles. The number of nitrogens with two attached hydrogens (primary N) is 1. The van der Waals surface area contributed by atoms with E-state index < -0.39 is 41.2 Å². The monoisotopic (exact) mass is 1470 g/mol. The van der Waals surface area contributed by atoms with Crippen LogP contribution in [-0.4, -0.2) is 175 Å². The minimum absolute atomic E-state index is 0. The van der Waals surface area contributed by atoms with E-state index in [1.165, 1.54) is 37.0 Å². The van der Waals surface area contributed by atoms with Gasteiger partial charge in [0.25, 0.3) is 17.7 Å². The Morgan fingerprint density at radius 2 is 0.849 bits per heavy atom. The Morgan fingerprint density at radius 3 is 1.23 bits per heavy atom. The molecule has 6 fully saturated rings. The molecule has 3 spiro atoms. The number of carboxylic acids is 1. The third kappa shape index (κ3) is 17.2. The average Bonchev–Trinajstić information content (AvgIpc) is 1.57. The SMILES string of the molecule is C.C.C.C.C[C@@H]1[C@H](C(=O)Nc2ncc3cc4n(c3n2)C2(CCCCC2)CNC4=O)CCCN1C(=O)OC(C)(C)C.C[C@@H]1[C@H](C(=O)O)CCCN1C(=O)OC(C)(C)C.C[C@H]1NCCC[C@H]1C(=O)Nc1ncc2cc3n(c2n1)C1(CCCCC1)CNC3=O.Nc1ncc2cc3n(c2n1)C1(CCCCC1)CNC3=O. The highest BCUT2D eigenvalue weighted by Crippen LogP contribution is 2.44. The number of likely N-dealkylation sites (tertiary alicyclic amines) is 2. The smallest absolute Gasteiger partial charge is 0.410 e. The van der Waals surface area contributed by atoms with Crippen LogP contribution in [0.2, 0.25) is 0 Å². The highest BCUT2D eigenvalue weighted by Gasteiger charge is 2.46. The van der Waals surface area contributed by atoms with Gasteiger partial charge in [-0.1, -0.05) is 87.5 Å². The number of carbonyl (C=O) groups is 8. The molecule has 582 valence electrons. The number of anilines is 3. The van der Waals surface area contributed by atoms with Gasteiger partial charge in [-0.2, -0.15) is 15.0 Å².